The molecule has 0 aliphatic rings. The van der Waals surface area contributed by atoms with Crippen molar-refractivity contribution in [1.29, 1.82) is 0 Å². The van der Waals surface area contributed by atoms with Crippen LogP contribution in [-0.2, 0) is 19.3 Å². The first-order valence-corrected chi connectivity index (χ1v) is 9.17. The molecular formula is C17H25N3O3S. The number of nitrogens with one attached hydrogen (secondary N) is 1. The molecule has 7 heteroatoms. The minimum Gasteiger partial charge on any atom is -0.395 e. The normalized spacial score (nSPS) is 11.0. The first-order valence-electron chi connectivity index (χ1n) is 8.36. The lowest BCUT2D eigenvalue weighted by atomic mass is 10.0. The number of carbonyl (C=O) groups excluding carboxylic acids is 1. The maximum atomic E-state index is 12.0. The molecule has 2 heterocycles. The van der Waals surface area contributed by atoms with Crippen molar-refractivity contribution in [2.24, 2.45) is 0 Å². The highest BCUT2D eigenvalue weighted by atomic mass is 32.1. The zero-order valence-corrected chi connectivity index (χ0v) is 15.3. The van der Waals surface area contributed by atoms with Crippen molar-refractivity contribution in [3.05, 3.63) is 32.6 Å². The summed E-state index contributed by atoms with van der Waals surface area (Å²) in [5.41, 5.74) is 2.95. The maximum absolute atomic E-state index is 12.0. The van der Waals surface area contributed by atoms with Crippen LogP contribution in [0.3, 0.4) is 0 Å². The third-order valence-corrected chi connectivity index (χ3v) is 5.08. The average molecular weight is 351 g/mol. The van der Waals surface area contributed by atoms with Crippen LogP contribution in [0.1, 0.15) is 57.2 Å². The first kappa shape index (κ1) is 18.6. The van der Waals surface area contributed by atoms with E-state index in [2.05, 4.69) is 22.4 Å². The van der Waals surface area contributed by atoms with Gasteiger partial charge >= 0.3 is 0 Å². The van der Waals surface area contributed by atoms with Crippen molar-refractivity contribution in [3.8, 4) is 0 Å². The zero-order valence-electron chi connectivity index (χ0n) is 14.5. The van der Waals surface area contributed by atoms with E-state index in [0.29, 0.717) is 4.88 Å². The fourth-order valence-electron chi connectivity index (χ4n) is 2.55. The lowest BCUT2D eigenvalue weighted by molar-refractivity contribution is 0.0948. The Bertz CT molecular complexity index is 679. The maximum Gasteiger partial charge on any atom is 0.263 e. The fourth-order valence-corrected chi connectivity index (χ4v) is 3.53. The number of hydrogen-bond donors (Lipinski definition) is 2. The van der Waals surface area contributed by atoms with Gasteiger partial charge in [-0.15, -0.1) is 11.3 Å². The molecule has 0 fully saturated rings. The summed E-state index contributed by atoms with van der Waals surface area (Å²) in [5.74, 6) is 0.699. The van der Waals surface area contributed by atoms with Crippen LogP contribution in [0.2, 0.25) is 0 Å². The summed E-state index contributed by atoms with van der Waals surface area (Å²) in [5, 5.41) is 16.6. The molecule has 2 aromatic rings. The average Bonchev–Trinajstić information content (AvgIpc) is 3.11. The van der Waals surface area contributed by atoms with Gasteiger partial charge in [-0.1, -0.05) is 18.5 Å². The molecule has 0 aliphatic heterocycles. The third kappa shape index (κ3) is 4.64. The first-order chi connectivity index (χ1) is 11.6. The second-order valence-electron chi connectivity index (χ2n) is 5.77. The zero-order chi connectivity index (χ0) is 17.5. The molecule has 0 saturated heterocycles. The number of amides is 1. The summed E-state index contributed by atoms with van der Waals surface area (Å²) in [6.07, 6.45) is 4.75. The van der Waals surface area contributed by atoms with E-state index in [1.165, 1.54) is 16.9 Å². The van der Waals surface area contributed by atoms with E-state index in [9.17, 15) is 4.79 Å². The SMILES string of the molecule is CCCCc1noc(C)c1CCc1nc(C)c(C(=O)NCCO)s1. The molecule has 0 spiro atoms. The van der Waals surface area contributed by atoms with Crippen LogP contribution in [0.4, 0.5) is 0 Å². The summed E-state index contributed by atoms with van der Waals surface area (Å²) in [7, 11) is 0. The predicted molar refractivity (Wildman–Crippen MR) is 93.5 cm³/mol. The van der Waals surface area contributed by atoms with Gasteiger partial charge in [0.2, 0.25) is 0 Å². The Kier molecular flexibility index (Phi) is 6.93. The molecule has 2 rings (SSSR count). The molecule has 0 bridgehead atoms. The number of aliphatic hydroxyl groups is 1. The van der Waals surface area contributed by atoms with E-state index >= 15 is 0 Å². The monoisotopic (exact) mass is 351 g/mol. The van der Waals surface area contributed by atoms with E-state index in [4.69, 9.17) is 9.63 Å². The lowest BCUT2D eigenvalue weighted by Crippen LogP contribution is -2.26. The Hall–Kier alpha value is -1.73. The number of nitrogens with zero attached hydrogens (tertiary/aromatic N) is 2. The number of rotatable bonds is 9. The molecule has 132 valence electrons. The summed E-state index contributed by atoms with van der Waals surface area (Å²) in [6, 6.07) is 0. The fraction of sp³-hybridized carbons (Fsp3) is 0.588. The van der Waals surface area contributed by atoms with Gasteiger partial charge in [0.25, 0.3) is 5.91 Å². The molecule has 1 amide bonds. The van der Waals surface area contributed by atoms with Gasteiger partial charge in [-0.2, -0.15) is 0 Å². The van der Waals surface area contributed by atoms with E-state index in [0.717, 1.165) is 54.3 Å². The Balaban J connectivity index is 2.02. The highest BCUT2D eigenvalue weighted by molar-refractivity contribution is 7.13. The molecule has 0 aromatic carbocycles. The molecule has 0 aliphatic carbocycles. The highest BCUT2D eigenvalue weighted by Crippen LogP contribution is 2.22. The van der Waals surface area contributed by atoms with Crippen LogP contribution in [0.15, 0.2) is 4.52 Å². The quantitative estimate of drug-likeness (QED) is 0.725. The summed E-state index contributed by atoms with van der Waals surface area (Å²) in [6.45, 7) is 6.13. The van der Waals surface area contributed by atoms with Crippen LogP contribution >= 0.6 is 11.3 Å². The number of carbonyl (C=O) groups is 1. The summed E-state index contributed by atoms with van der Waals surface area (Å²) < 4.78 is 5.34. The Morgan fingerprint density at radius 1 is 1.29 bits per heavy atom. The summed E-state index contributed by atoms with van der Waals surface area (Å²) >= 11 is 1.41. The van der Waals surface area contributed by atoms with Crippen molar-refractivity contribution in [3.63, 3.8) is 0 Å². The van der Waals surface area contributed by atoms with Crippen LogP contribution in [-0.4, -0.2) is 34.3 Å². The van der Waals surface area contributed by atoms with Crippen molar-refractivity contribution in [1.82, 2.24) is 15.5 Å². The van der Waals surface area contributed by atoms with Gasteiger partial charge in [0, 0.05) is 18.5 Å². The van der Waals surface area contributed by atoms with Crippen molar-refractivity contribution >= 4 is 17.2 Å². The van der Waals surface area contributed by atoms with Gasteiger partial charge < -0.3 is 14.9 Å². The van der Waals surface area contributed by atoms with E-state index in [1.54, 1.807) is 0 Å². The van der Waals surface area contributed by atoms with Crippen molar-refractivity contribution in [2.45, 2.75) is 52.9 Å². The molecule has 0 atom stereocenters. The van der Waals surface area contributed by atoms with Crippen LogP contribution in [0.5, 0.6) is 0 Å². The molecular weight excluding hydrogens is 326 g/mol. The molecule has 0 unspecified atom stereocenters. The Morgan fingerprint density at radius 2 is 2.08 bits per heavy atom. The number of thiazole rings is 1. The molecule has 6 nitrogen and oxygen atoms in total. The standard InChI is InChI=1S/C17H25N3O3S/c1-4-5-6-14-13(12(3)23-20-14)7-8-15-19-11(2)16(24-15)17(22)18-9-10-21/h21H,4-10H2,1-3H3,(H,18,22). The highest BCUT2D eigenvalue weighted by Gasteiger charge is 2.17. The van der Waals surface area contributed by atoms with Gasteiger partial charge in [0.15, 0.2) is 0 Å². The Labute approximate surface area is 146 Å². The smallest absolute Gasteiger partial charge is 0.263 e. The van der Waals surface area contributed by atoms with Crippen LogP contribution in [0, 0.1) is 13.8 Å². The van der Waals surface area contributed by atoms with Gasteiger partial charge in [0.1, 0.15) is 10.6 Å². The molecule has 2 aromatic heterocycles. The molecule has 24 heavy (non-hydrogen) atoms. The van der Waals surface area contributed by atoms with Crippen molar-refractivity contribution < 1.29 is 14.4 Å². The third-order valence-electron chi connectivity index (χ3n) is 3.87. The lowest BCUT2D eigenvalue weighted by Gasteiger charge is -2.01. The van der Waals surface area contributed by atoms with E-state index < -0.39 is 0 Å². The number of unbranched alkanes of at least 4 members (excludes halogenated alkanes) is 1. The second kappa shape index (κ2) is 8.94. The molecule has 0 saturated carbocycles. The molecule has 0 radical (unpaired) electrons. The van der Waals surface area contributed by atoms with Crippen molar-refractivity contribution in [2.75, 3.05) is 13.2 Å². The second-order valence-corrected chi connectivity index (χ2v) is 6.85. The Morgan fingerprint density at radius 3 is 2.79 bits per heavy atom. The van der Waals surface area contributed by atoms with E-state index in [1.807, 2.05) is 13.8 Å². The number of hydrogen-bond acceptors (Lipinski definition) is 6. The number of aliphatic hydroxyl groups excluding tert-OH is 1. The summed E-state index contributed by atoms with van der Waals surface area (Å²) in [4.78, 5) is 17.1. The van der Waals surface area contributed by atoms with Gasteiger partial charge in [-0.05, 0) is 33.1 Å². The van der Waals surface area contributed by atoms with Crippen LogP contribution in [0.25, 0.3) is 0 Å². The predicted octanol–water partition coefficient (Wildman–Crippen LogP) is 2.60. The molecule has 2 N–H and O–H groups in total. The van der Waals surface area contributed by atoms with Crippen LogP contribution < -0.4 is 5.32 Å². The van der Waals surface area contributed by atoms with Gasteiger partial charge in [-0.25, -0.2) is 4.98 Å². The van der Waals surface area contributed by atoms with Gasteiger partial charge in [0.05, 0.1) is 23.0 Å². The topological polar surface area (TPSA) is 88.2 Å². The number of aromatic nitrogens is 2. The minimum atomic E-state index is -0.171. The van der Waals surface area contributed by atoms with Gasteiger partial charge in [-0.3, -0.25) is 4.79 Å². The minimum absolute atomic E-state index is 0.0657. The van der Waals surface area contributed by atoms with E-state index in [-0.39, 0.29) is 19.1 Å². The largest absolute Gasteiger partial charge is 0.395 e. The number of aryl methyl sites for hydroxylation is 4.